The maximum atomic E-state index is 4.37. The van der Waals surface area contributed by atoms with Crippen molar-refractivity contribution >= 4 is 29.9 Å². The number of nitrogens with one attached hydrogen (secondary N) is 2. The van der Waals surface area contributed by atoms with Crippen LogP contribution in [0.25, 0.3) is 0 Å². The third-order valence-electron chi connectivity index (χ3n) is 5.30. The minimum absolute atomic E-state index is 0. The molecule has 23 heavy (non-hydrogen) atoms. The monoisotopic (exact) mass is 431 g/mol. The molecule has 0 radical (unpaired) electrons. The lowest BCUT2D eigenvalue weighted by Crippen LogP contribution is -2.47. The van der Waals surface area contributed by atoms with Gasteiger partial charge in [-0.1, -0.05) is 25.7 Å². The number of aliphatic imine (C=N–C) groups is 1. The smallest absolute Gasteiger partial charge is 0.191 e. The van der Waals surface area contributed by atoms with Crippen LogP contribution in [0.15, 0.2) is 23.5 Å². The molecule has 2 N–H and O–H groups in total. The molecule has 130 valence electrons. The van der Waals surface area contributed by atoms with Crippen molar-refractivity contribution < 1.29 is 0 Å². The van der Waals surface area contributed by atoms with Gasteiger partial charge in [0.15, 0.2) is 5.96 Å². The summed E-state index contributed by atoms with van der Waals surface area (Å²) in [6.45, 7) is 1.71. The Balaban J connectivity index is 0.00000192. The Morgan fingerprint density at radius 2 is 2.04 bits per heavy atom. The van der Waals surface area contributed by atoms with Crippen LogP contribution in [0.1, 0.15) is 44.9 Å². The zero-order valence-corrected chi connectivity index (χ0v) is 16.4. The minimum Gasteiger partial charge on any atom is -0.355 e. The van der Waals surface area contributed by atoms with Crippen LogP contribution in [0.2, 0.25) is 0 Å². The summed E-state index contributed by atoms with van der Waals surface area (Å²) in [5, 5.41) is 11.2. The summed E-state index contributed by atoms with van der Waals surface area (Å²) in [5.74, 6) is 2.88. The Labute approximate surface area is 156 Å². The summed E-state index contributed by atoms with van der Waals surface area (Å²) < 4.78 is 1.94. The molecule has 2 aliphatic carbocycles. The van der Waals surface area contributed by atoms with E-state index in [0.717, 1.165) is 30.9 Å². The molecule has 6 heteroatoms. The average molecular weight is 431 g/mol. The quantitative estimate of drug-likeness (QED) is 0.438. The van der Waals surface area contributed by atoms with E-state index in [-0.39, 0.29) is 24.0 Å². The molecule has 3 rings (SSSR count). The molecular formula is C17H30IN5. The van der Waals surface area contributed by atoms with Gasteiger partial charge < -0.3 is 10.6 Å². The first-order valence-electron chi connectivity index (χ1n) is 8.80. The fourth-order valence-corrected chi connectivity index (χ4v) is 4.11. The number of nitrogens with zero attached hydrogens (tertiary/aromatic N) is 3. The predicted octanol–water partition coefficient (Wildman–Crippen LogP) is 3.03. The molecule has 1 heterocycles. The van der Waals surface area contributed by atoms with Crippen molar-refractivity contribution in [2.75, 3.05) is 13.6 Å². The SMILES string of the molecule is CN=C(NCCn1cccn1)NC1CCC2CCCCC2C1.I. The van der Waals surface area contributed by atoms with Gasteiger partial charge in [-0.3, -0.25) is 9.67 Å². The lowest BCUT2D eigenvalue weighted by atomic mass is 9.69. The van der Waals surface area contributed by atoms with Crippen LogP contribution >= 0.6 is 24.0 Å². The highest BCUT2D eigenvalue weighted by molar-refractivity contribution is 14.0. The number of rotatable bonds is 4. The van der Waals surface area contributed by atoms with E-state index in [0.29, 0.717) is 6.04 Å². The molecule has 3 atom stereocenters. The van der Waals surface area contributed by atoms with Gasteiger partial charge in [-0.2, -0.15) is 5.10 Å². The molecule has 0 saturated heterocycles. The number of aromatic nitrogens is 2. The Morgan fingerprint density at radius 3 is 2.78 bits per heavy atom. The standard InChI is InChI=1S/C17H29N5.HI/c1-18-17(19-10-12-22-11-4-9-20-22)21-16-8-7-14-5-2-3-6-15(14)13-16;/h4,9,11,14-16H,2-3,5-8,10,12-13H2,1H3,(H2,18,19,21);1H. The highest BCUT2D eigenvalue weighted by Gasteiger charge is 2.32. The van der Waals surface area contributed by atoms with Crippen LogP contribution in [0.4, 0.5) is 0 Å². The molecule has 0 amide bonds. The summed E-state index contributed by atoms with van der Waals surface area (Å²) in [6, 6.07) is 2.55. The van der Waals surface area contributed by atoms with Crippen LogP contribution in [0.3, 0.4) is 0 Å². The second-order valence-corrected chi connectivity index (χ2v) is 6.73. The number of hydrogen-bond acceptors (Lipinski definition) is 2. The topological polar surface area (TPSA) is 54.2 Å². The fraction of sp³-hybridized carbons (Fsp3) is 0.765. The summed E-state index contributed by atoms with van der Waals surface area (Å²) >= 11 is 0. The molecule has 2 fully saturated rings. The lowest BCUT2D eigenvalue weighted by molar-refractivity contribution is 0.150. The number of guanidine groups is 1. The van der Waals surface area contributed by atoms with E-state index in [1.54, 1.807) is 0 Å². The molecule has 5 nitrogen and oxygen atoms in total. The van der Waals surface area contributed by atoms with E-state index in [9.17, 15) is 0 Å². The van der Waals surface area contributed by atoms with E-state index in [1.807, 2.05) is 30.2 Å². The van der Waals surface area contributed by atoms with E-state index >= 15 is 0 Å². The van der Waals surface area contributed by atoms with Gasteiger partial charge >= 0.3 is 0 Å². The Bertz CT molecular complexity index is 473. The van der Waals surface area contributed by atoms with Gasteiger partial charge in [-0.15, -0.1) is 24.0 Å². The van der Waals surface area contributed by atoms with Gasteiger partial charge in [0.25, 0.3) is 0 Å². The van der Waals surface area contributed by atoms with E-state index in [2.05, 4.69) is 20.7 Å². The Morgan fingerprint density at radius 1 is 1.22 bits per heavy atom. The van der Waals surface area contributed by atoms with Crippen molar-refractivity contribution in [2.45, 2.75) is 57.5 Å². The summed E-state index contributed by atoms with van der Waals surface area (Å²) in [5.41, 5.74) is 0. The van der Waals surface area contributed by atoms with Crippen molar-refractivity contribution in [1.82, 2.24) is 20.4 Å². The third-order valence-corrected chi connectivity index (χ3v) is 5.30. The van der Waals surface area contributed by atoms with Gasteiger partial charge in [0.1, 0.15) is 0 Å². The van der Waals surface area contributed by atoms with Crippen molar-refractivity contribution in [3.8, 4) is 0 Å². The molecular weight excluding hydrogens is 401 g/mol. The molecule has 2 saturated carbocycles. The number of halogens is 1. The lowest BCUT2D eigenvalue weighted by Gasteiger charge is -2.39. The second kappa shape index (κ2) is 9.49. The normalized spacial score (nSPS) is 27.7. The summed E-state index contributed by atoms with van der Waals surface area (Å²) in [7, 11) is 1.86. The van der Waals surface area contributed by atoms with Crippen LogP contribution in [-0.4, -0.2) is 35.4 Å². The number of fused-ring (bicyclic) bond motifs is 1. The maximum Gasteiger partial charge on any atom is 0.191 e. The first-order chi connectivity index (χ1) is 10.8. The highest BCUT2D eigenvalue weighted by atomic mass is 127. The van der Waals surface area contributed by atoms with Crippen LogP contribution in [0.5, 0.6) is 0 Å². The molecule has 0 aromatic carbocycles. The average Bonchev–Trinajstić information content (AvgIpc) is 3.07. The van der Waals surface area contributed by atoms with Crippen molar-refractivity contribution in [3.05, 3.63) is 18.5 Å². The van der Waals surface area contributed by atoms with Crippen LogP contribution in [-0.2, 0) is 6.54 Å². The van der Waals surface area contributed by atoms with E-state index < -0.39 is 0 Å². The summed E-state index contributed by atoms with van der Waals surface area (Å²) in [4.78, 5) is 4.37. The zero-order valence-electron chi connectivity index (χ0n) is 14.1. The molecule has 2 aliphatic rings. The molecule has 1 aromatic heterocycles. The van der Waals surface area contributed by atoms with Crippen molar-refractivity contribution in [3.63, 3.8) is 0 Å². The Hall–Kier alpha value is -0.790. The molecule has 0 aliphatic heterocycles. The Kier molecular flexibility index (Phi) is 7.65. The van der Waals surface area contributed by atoms with Gasteiger partial charge in [0.2, 0.25) is 0 Å². The number of hydrogen-bond donors (Lipinski definition) is 2. The zero-order chi connectivity index (χ0) is 15.2. The largest absolute Gasteiger partial charge is 0.355 e. The third kappa shape index (κ3) is 5.36. The summed E-state index contributed by atoms with van der Waals surface area (Å²) in [6.07, 6.45) is 13.6. The van der Waals surface area contributed by atoms with Crippen molar-refractivity contribution in [2.24, 2.45) is 16.8 Å². The molecule has 0 bridgehead atoms. The predicted molar refractivity (Wildman–Crippen MR) is 105 cm³/mol. The first-order valence-corrected chi connectivity index (χ1v) is 8.80. The van der Waals surface area contributed by atoms with Gasteiger partial charge in [-0.25, -0.2) is 0 Å². The van der Waals surface area contributed by atoms with Crippen molar-refractivity contribution in [1.29, 1.82) is 0 Å². The fourth-order valence-electron chi connectivity index (χ4n) is 4.11. The minimum atomic E-state index is 0. The second-order valence-electron chi connectivity index (χ2n) is 6.73. The van der Waals surface area contributed by atoms with Gasteiger partial charge in [-0.05, 0) is 37.2 Å². The van der Waals surface area contributed by atoms with E-state index in [4.69, 9.17) is 0 Å². The van der Waals surface area contributed by atoms with Crippen LogP contribution < -0.4 is 10.6 Å². The first kappa shape index (κ1) is 18.5. The molecule has 3 unspecified atom stereocenters. The highest BCUT2D eigenvalue weighted by Crippen LogP contribution is 2.40. The van der Waals surface area contributed by atoms with Gasteiger partial charge in [0, 0.05) is 32.0 Å². The van der Waals surface area contributed by atoms with Gasteiger partial charge in [0.05, 0.1) is 6.54 Å². The molecule has 0 spiro atoms. The maximum absolute atomic E-state index is 4.37. The van der Waals surface area contributed by atoms with E-state index in [1.165, 1.54) is 44.9 Å². The molecule has 1 aromatic rings. The van der Waals surface area contributed by atoms with Crippen LogP contribution in [0, 0.1) is 11.8 Å².